The fourth-order valence-electron chi connectivity index (χ4n) is 4.00. The van der Waals surface area contributed by atoms with Crippen molar-refractivity contribution >= 4 is 17.5 Å². The van der Waals surface area contributed by atoms with E-state index in [0.29, 0.717) is 34.4 Å². The third-order valence-electron chi connectivity index (χ3n) is 5.87. The number of aryl methyl sites for hydroxylation is 2. The van der Waals surface area contributed by atoms with Crippen molar-refractivity contribution in [3.8, 4) is 11.6 Å². The molecule has 170 valence electrons. The van der Waals surface area contributed by atoms with Crippen molar-refractivity contribution in [2.75, 3.05) is 18.4 Å². The highest BCUT2D eigenvalue weighted by Gasteiger charge is 2.21. The molecule has 6 nitrogen and oxygen atoms in total. The largest absolute Gasteiger partial charge is 0.439 e. The molecule has 0 spiro atoms. The standard InChI is InChI=1S/C27H29N3O3/c1-18-10-12-30(13-11-18)27(32)21-4-7-24(8-5-21)33-25-9-6-23(17-28-25)29-26(31)22-15-19(2)14-20(3)16-22/h4-9,14-18H,10-13H2,1-3H3,(H,29,31). The van der Waals surface area contributed by atoms with E-state index >= 15 is 0 Å². The number of carbonyl (C=O) groups excluding carboxylic acids is 2. The van der Waals surface area contributed by atoms with Crippen LogP contribution in [0.4, 0.5) is 5.69 Å². The van der Waals surface area contributed by atoms with Gasteiger partial charge in [-0.15, -0.1) is 0 Å². The Morgan fingerprint density at radius 1 is 0.939 bits per heavy atom. The van der Waals surface area contributed by atoms with Crippen LogP contribution in [0.25, 0.3) is 0 Å². The molecule has 2 heterocycles. The first kappa shape index (κ1) is 22.5. The third kappa shape index (κ3) is 5.77. The fraction of sp³-hybridized carbons (Fsp3) is 0.296. The van der Waals surface area contributed by atoms with Crippen molar-refractivity contribution < 1.29 is 14.3 Å². The zero-order chi connectivity index (χ0) is 23.4. The van der Waals surface area contributed by atoms with Gasteiger partial charge in [-0.05, 0) is 75.1 Å². The van der Waals surface area contributed by atoms with Crippen LogP contribution < -0.4 is 10.1 Å². The second kappa shape index (κ2) is 9.86. The maximum absolute atomic E-state index is 12.7. The molecular weight excluding hydrogens is 414 g/mol. The Kier molecular flexibility index (Phi) is 6.73. The Hall–Kier alpha value is -3.67. The first-order valence-corrected chi connectivity index (χ1v) is 11.3. The normalized spacial score (nSPS) is 14.1. The molecule has 1 aliphatic heterocycles. The Balaban J connectivity index is 1.35. The van der Waals surface area contributed by atoms with Gasteiger partial charge in [0.1, 0.15) is 5.75 Å². The highest BCUT2D eigenvalue weighted by molar-refractivity contribution is 6.04. The Morgan fingerprint density at radius 2 is 1.61 bits per heavy atom. The highest BCUT2D eigenvalue weighted by Crippen LogP contribution is 2.23. The molecule has 3 aromatic rings. The summed E-state index contributed by atoms with van der Waals surface area (Å²) in [5.74, 6) is 1.57. The number of nitrogens with zero attached hydrogens (tertiary/aromatic N) is 2. The summed E-state index contributed by atoms with van der Waals surface area (Å²) < 4.78 is 5.80. The van der Waals surface area contributed by atoms with Gasteiger partial charge in [-0.3, -0.25) is 9.59 Å². The van der Waals surface area contributed by atoms with Crippen molar-refractivity contribution in [1.82, 2.24) is 9.88 Å². The number of pyridine rings is 1. The molecule has 0 bridgehead atoms. The van der Waals surface area contributed by atoms with E-state index in [1.54, 1.807) is 42.6 Å². The number of ether oxygens (including phenoxy) is 1. The van der Waals surface area contributed by atoms with Gasteiger partial charge in [0.25, 0.3) is 11.8 Å². The van der Waals surface area contributed by atoms with Crippen molar-refractivity contribution in [1.29, 1.82) is 0 Å². The number of likely N-dealkylation sites (tertiary alicyclic amines) is 1. The SMILES string of the molecule is Cc1cc(C)cc(C(=O)Nc2ccc(Oc3ccc(C(=O)N4CCC(C)CC4)cc3)nc2)c1. The number of hydrogen-bond acceptors (Lipinski definition) is 4. The lowest BCUT2D eigenvalue weighted by atomic mass is 9.98. The number of nitrogens with one attached hydrogen (secondary N) is 1. The Morgan fingerprint density at radius 3 is 2.21 bits per heavy atom. The Bertz CT molecular complexity index is 1110. The van der Waals surface area contributed by atoms with Crippen LogP contribution in [0.5, 0.6) is 11.6 Å². The number of amides is 2. The van der Waals surface area contributed by atoms with Crippen molar-refractivity contribution in [3.63, 3.8) is 0 Å². The van der Waals surface area contributed by atoms with Crippen LogP contribution in [-0.4, -0.2) is 34.8 Å². The summed E-state index contributed by atoms with van der Waals surface area (Å²) in [4.78, 5) is 31.4. The zero-order valence-electron chi connectivity index (χ0n) is 19.3. The van der Waals surface area contributed by atoms with Crippen LogP contribution in [0.2, 0.25) is 0 Å². The zero-order valence-corrected chi connectivity index (χ0v) is 19.3. The first-order chi connectivity index (χ1) is 15.9. The second-order valence-electron chi connectivity index (χ2n) is 8.82. The smallest absolute Gasteiger partial charge is 0.255 e. The summed E-state index contributed by atoms with van der Waals surface area (Å²) in [5.41, 5.74) is 3.94. The van der Waals surface area contributed by atoms with E-state index in [1.807, 2.05) is 36.9 Å². The molecule has 1 aliphatic rings. The summed E-state index contributed by atoms with van der Waals surface area (Å²) in [7, 11) is 0. The highest BCUT2D eigenvalue weighted by atomic mass is 16.5. The topological polar surface area (TPSA) is 71.5 Å². The summed E-state index contributed by atoms with van der Waals surface area (Å²) in [5, 5.41) is 2.86. The first-order valence-electron chi connectivity index (χ1n) is 11.3. The van der Waals surface area contributed by atoms with Gasteiger partial charge in [-0.1, -0.05) is 24.1 Å². The molecule has 1 saturated heterocycles. The molecule has 0 radical (unpaired) electrons. The van der Waals surface area contributed by atoms with E-state index in [0.717, 1.165) is 37.1 Å². The molecule has 0 unspecified atom stereocenters. The van der Waals surface area contributed by atoms with Crippen molar-refractivity contribution in [2.45, 2.75) is 33.6 Å². The average molecular weight is 444 g/mol. The van der Waals surface area contributed by atoms with Crippen LogP contribution in [0.1, 0.15) is 51.6 Å². The summed E-state index contributed by atoms with van der Waals surface area (Å²) in [6.45, 7) is 7.79. The quantitative estimate of drug-likeness (QED) is 0.556. The summed E-state index contributed by atoms with van der Waals surface area (Å²) >= 11 is 0. The molecular formula is C27H29N3O3. The molecule has 1 aromatic heterocycles. The summed E-state index contributed by atoms with van der Waals surface area (Å²) in [6, 6.07) is 16.3. The number of aromatic nitrogens is 1. The predicted octanol–water partition coefficient (Wildman–Crippen LogP) is 5.62. The van der Waals surface area contributed by atoms with Gasteiger partial charge >= 0.3 is 0 Å². The molecule has 0 aliphatic carbocycles. The molecule has 1 N–H and O–H groups in total. The molecule has 4 rings (SSSR count). The Labute approximate surface area is 194 Å². The fourth-order valence-corrected chi connectivity index (χ4v) is 4.00. The lowest BCUT2D eigenvalue weighted by molar-refractivity contribution is 0.0697. The van der Waals surface area contributed by atoms with E-state index in [1.165, 1.54) is 0 Å². The monoisotopic (exact) mass is 443 g/mol. The van der Waals surface area contributed by atoms with E-state index in [-0.39, 0.29) is 11.8 Å². The number of anilines is 1. The van der Waals surface area contributed by atoms with E-state index in [4.69, 9.17) is 4.74 Å². The molecule has 33 heavy (non-hydrogen) atoms. The molecule has 2 aromatic carbocycles. The van der Waals surface area contributed by atoms with Gasteiger partial charge in [0, 0.05) is 30.3 Å². The molecule has 0 atom stereocenters. The van der Waals surface area contributed by atoms with Crippen LogP contribution in [-0.2, 0) is 0 Å². The number of piperidine rings is 1. The lowest BCUT2D eigenvalue weighted by Gasteiger charge is -2.30. The molecule has 0 saturated carbocycles. The van der Waals surface area contributed by atoms with Crippen LogP contribution >= 0.6 is 0 Å². The van der Waals surface area contributed by atoms with Gasteiger partial charge in [0.2, 0.25) is 5.88 Å². The number of rotatable bonds is 5. The van der Waals surface area contributed by atoms with Crippen molar-refractivity contribution in [2.24, 2.45) is 5.92 Å². The van der Waals surface area contributed by atoms with Crippen LogP contribution in [0, 0.1) is 19.8 Å². The lowest BCUT2D eigenvalue weighted by Crippen LogP contribution is -2.37. The molecule has 6 heteroatoms. The average Bonchev–Trinajstić information content (AvgIpc) is 2.80. The maximum atomic E-state index is 12.7. The van der Waals surface area contributed by atoms with E-state index < -0.39 is 0 Å². The number of hydrogen-bond donors (Lipinski definition) is 1. The van der Waals surface area contributed by atoms with Gasteiger partial charge in [-0.25, -0.2) is 4.98 Å². The molecule has 1 fully saturated rings. The maximum Gasteiger partial charge on any atom is 0.255 e. The van der Waals surface area contributed by atoms with Crippen LogP contribution in [0.15, 0.2) is 60.8 Å². The van der Waals surface area contributed by atoms with Gasteiger partial charge in [-0.2, -0.15) is 0 Å². The van der Waals surface area contributed by atoms with Gasteiger partial charge in [0.05, 0.1) is 11.9 Å². The van der Waals surface area contributed by atoms with Gasteiger partial charge < -0.3 is 15.0 Å². The van der Waals surface area contributed by atoms with E-state index in [2.05, 4.69) is 17.2 Å². The minimum Gasteiger partial charge on any atom is -0.439 e. The van der Waals surface area contributed by atoms with Gasteiger partial charge in [0.15, 0.2) is 0 Å². The number of carbonyl (C=O) groups is 2. The summed E-state index contributed by atoms with van der Waals surface area (Å²) in [6.07, 6.45) is 3.67. The minimum atomic E-state index is -0.180. The molecule has 2 amide bonds. The third-order valence-corrected chi connectivity index (χ3v) is 5.87. The van der Waals surface area contributed by atoms with Crippen LogP contribution in [0.3, 0.4) is 0 Å². The predicted molar refractivity (Wildman–Crippen MR) is 129 cm³/mol. The second-order valence-corrected chi connectivity index (χ2v) is 8.82. The minimum absolute atomic E-state index is 0.0653. The number of benzene rings is 2. The van der Waals surface area contributed by atoms with Crippen molar-refractivity contribution in [3.05, 3.63) is 83.0 Å². The van der Waals surface area contributed by atoms with E-state index in [9.17, 15) is 9.59 Å².